The highest BCUT2D eigenvalue weighted by molar-refractivity contribution is 6.04. The van der Waals surface area contributed by atoms with Crippen LogP contribution in [-0.2, 0) is 6.54 Å². The van der Waals surface area contributed by atoms with E-state index >= 15 is 0 Å². The molecule has 0 aliphatic carbocycles. The van der Waals surface area contributed by atoms with Gasteiger partial charge in [0.05, 0.1) is 22.8 Å². The zero-order chi connectivity index (χ0) is 13.1. The van der Waals surface area contributed by atoms with Gasteiger partial charge in [0.2, 0.25) is 0 Å². The van der Waals surface area contributed by atoms with Gasteiger partial charge in [-0.2, -0.15) is 5.10 Å². The molecule has 94 valence electrons. The maximum Gasteiger partial charge on any atom is 0.255 e. The molecule has 2 rings (SSSR count). The van der Waals surface area contributed by atoms with E-state index in [-0.39, 0.29) is 5.91 Å². The highest BCUT2D eigenvalue weighted by Gasteiger charge is 2.12. The molecule has 0 radical (unpaired) electrons. The first kappa shape index (κ1) is 12.3. The normalized spacial score (nSPS) is 10.4. The third kappa shape index (κ3) is 2.38. The van der Waals surface area contributed by atoms with Crippen molar-refractivity contribution in [2.24, 2.45) is 5.73 Å². The number of H-pyrrole nitrogens is 1. The van der Waals surface area contributed by atoms with Crippen molar-refractivity contribution in [3.05, 3.63) is 41.0 Å². The van der Waals surface area contributed by atoms with Gasteiger partial charge in [0.15, 0.2) is 0 Å². The molecule has 0 bridgehead atoms. The Morgan fingerprint density at radius 3 is 2.89 bits per heavy atom. The predicted molar refractivity (Wildman–Crippen MR) is 68.1 cm³/mol. The highest BCUT2D eigenvalue weighted by Crippen LogP contribution is 2.17. The molecule has 4 N–H and O–H groups in total. The van der Waals surface area contributed by atoms with Crippen LogP contribution in [0, 0.1) is 13.8 Å². The molecular weight excluding hydrogens is 230 g/mol. The predicted octanol–water partition coefficient (Wildman–Crippen LogP) is 1.13. The standard InChI is InChI=1S/C12H15N5O/c1-7-11(8(2)17-16-7)15-12(18)9-3-4-14-10(5-9)6-13/h3-5H,6,13H2,1-2H3,(H,15,18)(H,16,17). The summed E-state index contributed by atoms with van der Waals surface area (Å²) < 4.78 is 0. The Labute approximate surface area is 105 Å². The van der Waals surface area contributed by atoms with Gasteiger partial charge in [-0.25, -0.2) is 0 Å². The number of anilines is 1. The number of hydrogen-bond acceptors (Lipinski definition) is 4. The van der Waals surface area contributed by atoms with Crippen molar-refractivity contribution < 1.29 is 4.79 Å². The molecule has 6 nitrogen and oxygen atoms in total. The van der Waals surface area contributed by atoms with Crippen molar-refractivity contribution in [1.82, 2.24) is 15.2 Å². The Hall–Kier alpha value is -2.21. The lowest BCUT2D eigenvalue weighted by Gasteiger charge is -2.06. The summed E-state index contributed by atoms with van der Waals surface area (Å²) in [6, 6.07) is 3.33. The molecule has 0 spiro atoms. The maximum atomic E-state index is 12.1. The van der Waals surface area contributed by atoms with Crippen molar-refractivity contribution >= 4 is 11.6 Å². The van der Waals surface area contributed by atoms with Gasteiger partial charge >= 0.3 is 0 Å². The van der Waals surface area contributed by atoms with E-state index in [1.54, 1.807) is 18.3 Å². The fourth-order valence-electron chi connectivity index (χ4n) is 1.65. The largest absolute Gasteiger partial charge is 0.325 e. The van der Waals surface area contributed by atoms with Crippen LogP contribution in [0.25, 0.3) is 0 Å². The minimum atomic E-state index is -0.195. The van der Waals surface area contributed by atoms with Crippen molar-refractivity contribution in [2.75, 3.05) is 5.32 Å². The Bertz CT molecular complexity index is 556. The second-order valence-corrected chi connectivity index (χ2v) is 4.00. The van der Waals surface area contributed by atoms with Crippen LogP contribution in [0.3, 0.4) is 0 Å². The van der Waals surface area contributed by atoms with E-state index in [9.17, 15) is 4.79 Å². The molecule has 2 aromatic rings. The number of nitrogens with two attached hydrogens (primary N) is 1. The summed E-state index contributed by atoms with van der Waals surface area (Å²) in [5.74, 6) is -0.195. The molecule has 2 heterocycles. The molecule has 0 atom stereocenters. The van der Waals surface area contributed by atoms with E-state index in [1.807, 2.05) is 13.8 Å². The maximum absolute atomic E-state index is 12.1. The molecular formula is C12H15N5O. The van der Waals surface area contributed by atoms with E-state index in [1.165, 1.54) is 0 Å². The smallest absolute Gasteiger partial charge is 0.255 e. The number of nitrogens with zero attached hydrogens (tertiary/aromatic N) is 2. The first-order valence-electron chi connectivity index (χ1n) is 5.59. The number of carbonyl (C=O) groups excluding carboxylic acids is 1. The molecule has 6 heteroatoms. The van der Waals surface area contributed by atoms with E-state index in [4.69, 9.17) is 5.73 Å². The van der Waals surface area contributed by atoms with Crippen LogP contribution in [0.2, 0.25) is 0 Å². The molecule has 1 amide bonds. The number of hydrogen-bond donors (Lipinski definition) is 3. The van der Waals surface area contributed by atoms with Gasteiger partial charge in [-0.3, -0.25) is 14.9 Å². The summed E-state index contributed by atoms with van der Waals surface area (Å²) in [7, 11) is 0. The lowest BCUT2D eigenvalue weighted by molar-refractivity contribution is 0.102. The summed E-state index contributed by atoms with van der Waals surface area (Å²) in [4.78, 5) is 16.1. The molecule has 0 saturated heterocycles. The lowest BCUT2D eigenvalue weighted by atomic mass is 10.2. The van der Waals surface area contributed by atoms with Crippen LogP contribution in [0.15, 0.2) is 18.3 Å². The third-order valence-corrected chi connectivity index (χ3v) is 2.65. The number of nitrogens with one attached hydrogen (secondary N) is 2. The van der Waals surface area contributed by atoms with Crippen molar-refractivity contribution in [3.63, 3.8) is 0 Å². The topological polar surface area (TPSA) is 96.7 Å². The Balaban J connectivity index is 2.22. The monoisotopic (exact) mass is 245 g/mol. The van der Waals surface area contributed by atoms with Crippen LogP contribution in [0.1, 0.15) is 27.4 Å². The number of carbonyl (C=O) groups is 1. The average Bonchev–Trinajstić information content (AvgIpc) is 2.70. The fraction of sp³-hybridized carbons (Fsp3) is 0.250. The van der Waals surface area contributed by atoms with Crippen LogP contribution < -0.4 is 11.1 Å². The Morgan fingerprint density at radius 1 is 1.50 bits per heavy atom. The van der Waals surface area contributed by atoms with Gasteiger partial charge in [-0.1, -0.05) is 0 Å². The van der Waals surface area contributed by atoms with Crippen LogP contribution in [0.4, 0.5) is 5.69 Å². The molecule has 0 aliphatic rings. The van der Waals surface area contributed by atoms with Crippen LogP contribution in [-0.4, -0.2) is 21.1 Å². The second-order valence-electron chi connectivity index (χ2n) is 4.00. The SMILES string of the molecule is Cc1n[nH]c(C)c1NC(=O)c1ccnc(CN)c1. The number of rotatable bonds is 3. The van der Waals surface area contributed by atoms with Gasteiger partial charge in [-0.05, 0) is 26.0 Å². The summed E-state index contributed by atoms with van der Waals surface area (Å²) in [5, 5.41) is 9.67. The zero-order valence-electron chi connectivity index (χ0n) is 10.3. The van der Waals surface area contributed by atoms with E-state index in [2.05, 4.69) is 20.5 Å². The third-order valence-electron chi connectivity index (χ3n) is 2.65. The minimum Gasteiger partial charge on any atom is -0.325 e. The second kappa shape index (κ2) is 4.97. The van der Waals surface area contributed by atoms with Crippen molar-refractivity contribution in [3.8, 4) is 0 Å². The quantitative estimate of drug-likeness (QED) is 0.755. The summed E-state index contributed by atoms with van der Waals surface area (Å²) in [6.07, 6.45) is 1.58. The lowest BCUT2D eigenvalue weighted by Crippen LogP contribution is -2.14. The van der Waals surface area contributed by atoms with Gasteiger partial charge < -0.3 is 11.1 Å². The molecule has 0 unspecified atom stereocenters. The Morgan fingerprint density at radius 2 is 2.28 bits per heavy atom. The minimum absolute atomic E-state index is 0.195. The first-order valence-corrected chi connectivity index (χ1v) is 5.59. The fourth-order valence-corrected chi connectivity index (χ4v) is 1.65. The Kier molecular flexibility index (Phi) is 3.38. The average molecular weight is 245 g/mol. The molecule has 0 aliphatic heterocycles. The van der Waals surface area contributed by atoms with E-state index < -0.39 is 0 Å². The molecule has 2 aromatic heterocycles. The molecule has 0 aromatic carbocycles. The van der Waals surface area contributed by atoms with Crippen LogP contribution in [0.5, 0.6) is 0 Å². The van der Waals surface area contributed by atoms with Gasteiger partial charge in [-0.15, -0.1) is 0 Å². The number of amides is 1. The first-order chi connectivity index (χ1) is 8.61. The van der Waals surface area contributed by atoms with Gasteiger partial charge in [0.25, 0.3) is 5.91 Å². The number of aromatic amines is 1. The highest BCUT2D eigenvalue weighted by atomic mass is 16.1. The number of aryl methyl sites for hydroxylation is 2. The van der Waals surface area contributed by atoms with Crippen molar-refractivity contribution in [2.45, 2.75) is 20.4 Å². The van der Waals surface area contributed by atoms with Gasteiger partial charge in [0.1, 0.15) is 0 Å². The molecule has 18 heavy (non-hydrogen) atoms. The van der Waals surface area contributed by atoms with E-state index in [0.29, 0.717) is 23.5 Å². The van der Waals surface area contributed by atoms with Crippen LogP contribution >= 0.6 is 0 Å². The number of aromatic nitrogens is 3. The molecule has 0 fully saturated rings. The summed E-state index contributed by atoms with van der Waals surface area (Å²) >= 11 is 0. The summed E-state index contributed by atoms with van der Waals surface area (Å²) in [6.45, 7) is 4.00. The molecule has 0 saturated carbocycles. The zero-order valence-corrected chi connectivity index (χ0v) is 10.3. The number of pyridine rings is 1. The van der Waals surface area contributed by atoms with Crippen molar-refractivity contribution in [1.29, 1.82) is 0 Å². The van der Waals surface area contributed by atoms with E-state index in [0.717, 1.165) is 11.4 Å². The van der Waals surface area contributed by atoms with Gasteiger partial charge in [0, 0.05) is 18.3 Å². The summed E-state index contributed by atoms with van der Waals surface area (Å²) in [5.41, 5.74) is 9.01.